The molecule has 16 heavy (non-hydrogen) atoms. The van der Waals surface area contributed by atoms with Crippen LogP contribution in [0.25, 0.3) is 11.1 Å². The Labute approximate surface area is 90.7 Å². The van der Waals surface area contributed by atoms with Gasteiger partial charge in [0.2, 0.25) is 0 Å². The summed E-state index contributed by atoms with van der Waals surface area (Å²) in [6.07, 6.45) is 1.14. The molecule has 0 aliphatic heterocycles. The maximum atomic E-state index is 11.6. The predicted octanol–water partition coefficient (Wildman–Crippen LogP) is 1.88. The lowest BCUT2D eigenvalue weighted by molar-refractivity contribution is -0.136. The van der Waals surface area contributed by atoms with Crippen LogP contribution >= 0.6 is 0 Å². The molecule has 1 heterocycles. The number of ketones is 1. The van der Waals surface area contributed by atoms with Crippen LogP contribution in [-0.4, -0.2) is 21.8 Å². The van der Waals surface area contributed by atoms with Crippen LogP contribution in [0.15, 0.2) is 29.0 Å². The Hall–Kier alpha value is -2.17. The first-order chi connectivity index (χ1) is 7.66. The van der Waals surface area contributed by atoms with Gasteiger partial charge in [0, 0.05) is 12.0 Å². The average Bonchev–Trinajstić information content (AvgIpc) is 2.72. The zero-order valence-corrected chi connectivity index (χ0v) is 8.34. The van der Waals surface area contributed by atoms with E-state index >= 15 is 0 Å². The van der Waals surface area contributed by atoms with Crippen molar-refractivity contribution in [3.63, 3.8) is 0 Å². The maximum Gasteiger partial charge on any atom is 0.303 e. The van der Waals surface area contributed by atoms with Crippen LogP contribution in [0.2, 0.25) is 0 Å². The van der Waals surface area contributed by atoms with Gasteiger partial charge < -0.3 is 9.52 Å². The molecule has 5 heteroatoms. The zero-order chi connectivity index (χ0) is 11.5. The summed E-state index contributed by atoms with van der Waals surface area (Å²) in [5, 5.41) is 8.47. The lowest BCUT2D eigenvalue weighted by Crippen LogP contribution is -2.03. The van der Waals surface area contributed by atoms with Crippen molar-refractivity contribution in [3.8, 4) is 0 Å². The molecule has 0 saturated carbocycles. The molecule has 0 spiro atoms. The number of carboxylic acids is 1. The first kappa shape index (κ1) is 10.4. The van der Waals surface area contributed by atoms with Crippen molar-refractivity contribution in [2.75, 3.05) is 0 Å². The molecule has 0 bridgehead atoms. The minimum absolute atomic E-state index is 0.00498. The van der Waals surface area contributed by atoms with Crippen molar-refractivity contribution < 1.29 is 19.1 Å². The first-order valence-electron chi connectivity index (χ1n) is 4.75. The molecule has 1 N–H and O–H groups in total. The number of aromatic nitrogens is 1. The molecule has 0 amide bonds. The van der Waals surface area contributed by atoms with Crippen LogP contribution in [0.4, 0.5) is 0 Å². The van der Waals surface area contributed by atoms with E-state index in [1.807, 2.05) is 0 Å². The first-order valence-corrected chi connectivity index (χ1v) is 4.75. The Morgan fingerprint density at radius 1 is 1.31 bits per heavy atom. The Balaban J connectivity index is 2.19. The van der Waals surface area contributed by atoms with Gasteiger partial charge in [0.05, 0.1) is 6.42 Å². The molecule has 2 rings (SSSR count). The van der Waals surface area contributed by atoms with Gasteiger partial charge in [0.1, 0.15) is 5.52 Å². The van der Waals surface area contributed by atoms with Gasteiger partial charge in [0.25, 0.3) is 0 Å². The molecule has 0 unspecified atom stereocenters. The van der Waals surface area contributed by atoms with Crippen LogP contribution in [-0.2, 0) is 4.79 Å². The lowest BCUT2D eigenvalue weighted by Gasteiger charge is -1.98. The van der Waals surface area contributed by atoms with Crippen molar-refractivity contribution >= 4 is 22.9 Å². The maximum absolute atomic E-state index is 11.6. The molecule has 0 saturated heterocycles. The normalized spacial score (nSPS) is 10.5. The third kappa shape index (κ3) is 2.08. The fourth-order valence-electron chi connectivity index (χ4n) is 1.39. The van der Waals surface area contributed by atoms with Crippen molar-refractivity contribution in [1.82, 2.24) is 4.98 Å². The van der Waals surface area contributed by atoms with Gasteiger partial charge in [-0.1, -0.05) is 0 Å². The molecule has 0 radical (unpaired) electrons. The van der Waals surface area contributed by atoms with Gasteiger partial charge in [-0.25, -0.2) is 4.98 Å². The molecule has 82 valence electrons. The third-order valence-corrected chi connectivity index (χ3v) is 2.22. The van der Waals surface area contributed by atoms with E-state index in [2.05, 4.69) is 4.98 Å². The molecule has 0 fully saturated rings. The highest BCUT2D eigenvalue weighted by atomic mass is 16.4. The highest BCUT2D eigenvalue weighted by molar-refractivity contribution is 5.99. The molecule has 0 atom stereocenters. The van der Waals surface area contributed by atoms with E-state index in [0.29, 0.717) is 16.7 Å². The number of carbonyl (C=O) groups excluding carboxylic acids is 1. The van der Waals surface area contributed by atoms with Crippen LogP contribution < -0.4 is 0 Å². The molecule has 1 aromatic carbocycles. The molecule has 5 nitrogen and oxygen atoms in total. The number of carbonyl (C=O) groups is 2. The Bertz CT molecular complexity index is 544. The second kappa shape index (κ2) is 4.14. The number of aliphatic carboxylic acids is 1. The topological polar surface area (TPSA) is 80.4 Å². The van der Waals surface area contributed by atoms with E-state index in [1.54, 1.807) is 18.2 Å². The summed E-state index contributed by atoms with van der Waals surface area (Å²) in [6, 6.07) is 4.87. The quantitative estimate of drug-likeness (QED) is 0.794. The van der Waals surface area contributed by atoms with Crippen molar-refractivity contribution in [2.24, 2.45) is 0 Å². The molecule has 2 aromatic rings. The zero-order valence-electron chi connectivity index (χ0n) is 8.34. The van der Waals surface area contributed by atoms with Gasteiger partial charge in [-0.3, -0.25) is 9.59 Å². The predicted molar refractivity (Wildman–Crippen MR) is 55.2 cm³/mol. The van der Waals surface area contributed by atoms with Crippen LogP contribution in [0.5, 0.6) is 0 Å². The Morgan fingerprint density at radius 2 is 2.12 bits per heavy atom. The second-order valence-corrected chi connectivity index (χ2v) is 3.35. The molecule has 0 aliphatic rings. The van der Waals surface area contributed by atoms with Gasteiger partial charge in [-0.2, -0.15) is 0 Å². The summed E-state index contributed by atoms with van der Waals surface area (Å²) < 4.78 is 5.05. The lowest BCUT2D eigenvalue weighted by atomic mass is 10.1. The second-order valence-electron chi connectivity index (χ2n) is 3.35. The van der Waals surface area contributed by atoms with Gasteiger partial charge in [0.15, 0.2) is 17.8 Å². The SMILES string of the molecule is O=C(O)CCC(=O)c1ccc2ncoc2c1. The summed E-state index contributed by atoms with van der Waals surface area (Å²) in [4.78, 5) is 25.8. The fraction of sp³-hybridized carbons (Fsp3) is 0.182. The minimum atomic E-state index is -0.978. The number of oxazole rings is 1. The van der Waals surface area contributed by atoms with E-state index in [1.165, 1.54) is 6.39 Å². The molecule has 0 aliphatic carbocycles. The van der Waals surface area contributed by atoms with Crippen molar-refractivity contribution in [1.29, 1.82) is 0 Å². The van der Waals surface area contributed by atoms with Crippen molar-refractivity contribution in [2.45, 2.75) is 12.8 Å². The van der Waals surface area contributed by atoms with E-state index in [9.17, 15) is 9.59 Å². The molecule has 1 aromatic heterocycles. The summed E-state index contributed by atoms with van der Waals surface area (Å²) in [5.41, 5.74) is 1.65. The number of fused-ring (bicyclic) bond motifs is 1. The third-order valence-electron chi connectivity index (χ3n) is 2.22. The van der Waals surface area contributed by atoms with E-state index in [0.717, 1.165) is 0 Å². The number of hydrogen-bond donors (Lipinski definition) is 1. The van der Waals surface area contributed by atoms with Gasteiger partial charge in [-0.05, 0) is 18.2 Å². The summed E-state index contributed by atoms with van der Waals surface area (Å²) >= 11 is 0. The summed E-state index contributed by atoms with van der Waals surface area (Å²) in [5.74, 6) is -1.19. The molecular formula is C11H9NO4. The van der Waals surface area contributed by atoms with Gasteiger partial charge >= 0.3 is 5.97 Å². The number of nitrogens with zero attached hydrogens (tertiary/aromatic N) is 1. The highest BCUT2D eigenvalue weighted by Gasteiger charge is 2.10. The number of benzene rings is 1. The number of carboxylic acid groups (broad SMARTS) is 1. The fourth-order valence-corrected chi connectivity index (χ4v) is 1.39. The summed E-state index contributed by atoms with van der Waals surface area (Å²) in [7, 11) is 0. The van der Waals surface area contributed by atoms with Crippen LogP contribution in [0.3, 0.4) is 0 Å². The van der Waals surface area contributed by atoms with E-state index in [-0.39, 0.29) is 18.6 Å². The number of Topliss-reactive ketones (excluding diaryl/α,β-unsaturated/α-hetero) is 1. The van der Waals surface area contributed by atoms with Crippen LogP contribution in [0, 0.1) is 0 Å². The largest absolute Gasteiger partial charge is 0.481 e. The number of hydrogen-bond acceptors (Lipinski definition) is 4. The number of rotatable bonds is 4. The Morgan fingerprint density at radius 3 is 2.88 bits per heavy atom. The molecular weight excluding hydrogens is 210 g/mol. The average molecular weight is 219 g/mol. The standard InChI is InChI=1S/C11H9NO4/c13-9(3-4-11(14)15)7-1-2-8-10(5-7)16-6-12-8/h1-2,5-6H,3-4H2,(H,14,15). The highest BCUT2D eigenvalue weighted by Crippen LogP contribution is 2.15. The van der Waals surface area contributed by atoms with Crippen LogP contribution in [0.1, 0.15) is 23.2 Å². The van der Waals surface area contributed by atoms with E-state index in [4.69, 9.17) is 9.52 Å². The van der Waals surface area contributed by atoms with E-state index < -0.39 is 5.97 Å². The smallest absolute Gasteiger partial charge is 0.303 e. The monoisotopic (exact) mass is 219 g/mol. The Kier molecular flexibility index (Phi) is 2.68. The van der Waals surface area contributed by atoms with Gasteiger partial charge in [-0.15, -0.1) is 0 Å². The summed E-state index contributed by atoms with van der Waals surface area (Å²) in [6.45, 7) is 0. The van der Waals surface area contributed by atoms with Crippen molar-refractivity contribution in [3.05, 3.63) is 30.2 Å². The minimum Gasteiger partial charge on any atom is -0.481 e.